The zero-order valence-corrected chi connectivity index (χ0v) is 11.3. The van der Waals surface area contributed by atoms with Crippen molar-refractivity contribution in [3.63, 3.8) is 0 Å². The van der Waals surface area contributed by atoms with Crippen LogP contribution in [0.2, 0.25) is 0 Å². The van der Waals surface area contributed by atoms with Crippen LogP contribution in [-0.2, 0) is 12.8 Å². The molecule has 102 valence electrons. The minimum Gasteiger partial charge on any atom is -0.380 e. The topological polar surface area (TPSA) is 15.3 Å². The Hall–Kier alpha value is -2.03. The second kappa shape index (κ2) is 4.51. The highest BCUT2D eigenvalue weighted by Crippen LogP contribution is 2.31. The van der Waals surface area contributed by atoms with E-state index in [4.69, 9.17) is 0 Å². The fraction of sp³-hybridized carbons (Fsp3) is 0.294. The number of para-hydroxylation sites is 1. The Morgan fingerprint density at radius 2 is 2.05 bits per heavy atom. The molecule has 2 aromatic carbocycles. The van der Waals surface area contributed by atoms with Crippen molar-refractivity contribution < 1.29 is 4.39 Å². The van der Waals surface area contributed by atoms with Crippen molar-refractivity contribution in [2.75, 3.05) is 23.3 Å². The maximum Gasteiger partial charge on any atom is 0.125 e. The molecule has 0 aromatic heterocycles. The van der Waals surface area contributed by atoms with Gasteiger partial charge in [-0.1, -0.05) is 24.3 Å². The van der Waals surface area contributed by atoms with Gasteiger partial charge in [0.15, 0.2) is 0 Å². The number of benzene rings is 2. The largest absolute Gasteiger partial charge is 0.380 e. The van der Waals surface area contributed by atoms with E-state index in [2.05, 4.69) is 34.5 Å². The van der Waals surface area contributed by atoms with E-state index in [0.717, 1.165) is 31.6 Å². The minimum absolute atomic E-state index is 0.140. The SMILES string of the molecule is Fc1ccc2c(c1)N(CC1Cc3ccccc3N1)CC2. The third kappa shape index (κ3) is 1.94. The summed E-state index contributed by atoms with van der Waals surface area (Å²) in [5.41, 5.74) is 4.97. The van der Waals surface area contributed by atoms with Gasteiger partial charge in [0.1, 0.15) is 5.82 Å². The molecule has 0 aliphatic carbocycles. The Bertz CT molecular complexity index is 628. The maximum absolute atomic E-state index is 13.4. The van der Waals surface area contributed by atoms with E-state index in [-0.39, 0.29) is 5.82 Å². The van der Waals surface area contributed by atoms with Gasteiger partial charge in [-0.3, -0.25) is 0 Å². The van der Waals surface area contributed by atoms with Gasteiger partial charge in [-0.2, -0.15) is 0 Å². The minimum atomic E-state index is -0.140. The number of rotatable bonds is 2. The van der Waals surface area contributed by atoms with Gasteiger partial charge in [-0.25, -0.2) is 4.39 Å². The molecule has 20 heavy (non-hydrogen) atoms. The van der Waals surface area contributed by atoms with E-state index in [1.165, 1.54) is 16.8 Å². The summed E-state index contributed by atoms with van der Waals surface area (Å²) in [7, 11) is 0. The Kier molecular flexibility index (Phi) is 2.66. The first-order chi connectivity index (χ1) is 9.79. The van der Waals surface area contributed by atoms with E-state index in [1.807, 2.05) is 6.07 Å². The predicted octanol–water partition coefficient (Wildman–Crippen LogP) is 3.23. The smallest absolute Gasteiger partial charge is 0.125 e. The average molecular weight is 268 g/mol. The lowest BCUT2D eigenvalue weighted by molar-refractivity contribution is 0.626. The summed E-state index contributed by atoms with van der Waals surface area (Å²) in [6.45, 7) is 1.93. The Balaban J connectivity index is 1.52. The number of halogens is 1. The molecule has 0 spiro atoms. The number of nitrogens with one attached hydrogen (secondary N) is 1. The third-order valence-corrected chi connectivity index (χ3v) is 4.32. The summed E-state index contributed by atoms with van der Waals surface area (Å²) in [4.78, 5) is 2.31. The molecule has 0 saturated heterocycles. The average Bonchev–Trinajstić information content (AvgIpc) is 3.03. The highest BCUT2D eigenvalue weighted by Gasteiger charge is 2.26. The van der Waals surface area contributed by atoms with Gasteiger partial charge in [0, 0.05) is 30.5 Å². The van der Waals surface area contributed by atoms with E-state index in [0.29, 0.717) is 6.04 Å². The van der Waals surface area contributed by atoms with E-state index < -0.39 is 0 Å². The van der Waals surface area contributed by atoms with Gasteiger partial charge in [0.05, 0.1) is 0 Å². The number of hydrogen-bond donors (Lipinski definition) is 1. The molecule has 0 saturated carbocycles. The first kappa shape index (κ1) is 11.8. The van der Waals surface area contributed by atoms with Crippen LogP contribution in [0.25, 0.3) is 0 Å². The Labute approximate surface area is 118 Å². The quantitative estimate of drug-likeness (QED) is 0.899. The molecule has 2 nitrogen and oxygen atoms in total. The number of anilines is 2. The molecular weight excluding hydrogens is 251 g/mol. The van der Waals surface area contributed by atoms with Crippen LogP contribution in [0.5, 0.6) is 0 Å². The van der Waals surface area contributed by atoms with E-state index >= 15 is 0 Å². The summed E-state index contributed by atoms with van der Waals surface area (Å²) in [5, 5.41) is 3.57. The number of nitrogens with zero attached hydrogens (tertiary/aromatic N) is 1. The summed E-state index contributed by atoms with van der Waals surface area (Å²) in [6, 6.07) is 14.0. The monoisotopic (exact) mass is 268 g/mol. The van der Waals surface area contributed by atoms with E-state index in [1.54, 1.807) is 12.1 Å². The molecule has 2 aliphatic rings. The van der Waals surface area contributed by atoms with Crippen LogP contribution in [0, 0.1) is 5.82 Å². The van der Waals surface area contributed by atoms with Crippen LogP contribution in [0.15, 0.2) is 42.5 Å². The summed E-state index contributed by atoms with van der Waals surface area (Å²) < 4.78 is 13.4. The molecule has 0 fully saturated rings. The molecule has 0 amide bonds. The molecule has 2 heterocycles. The van der Waals surface area contributed by atoms with Crippen LogP contribution >= 0.6 is 0 Å². The number of hydrogen-bond acceptors (Lipinski definition) is 2. The van der Waals surface area contributed by atoms with Crippen molar-refractivity contribution in [1.82, 2.24) is 0 Å². The zero-order valence-electron chi connectivity index (χ0n) is 11.3. The Morgan fingerprint density at radius 1 is 1.15 bits per heavy atom. The van der Waals surface area contributed by atoms with Gasteiger partial charge >= 0.3 is 0 Å². The van der Waals surface area contributed by atoms with Gasteiger partial charge in [0.2, 0.25) is 0 Å². The molecule has 0 radical (unpaired) electrons. The van der Waals surface area contributed by atoms with Gasteiger partial charge in [-0.15, -0.1) is 0 Å². The second-order valence-corrected chi connectivity index (χ2v) is 5.67. The lowest BCUT2D eigenvalue weighted by Crippen LogP contribution is -2.34. The molecule has 2 aromatic rings. The normalized spacial score (nSPS) is 19.6. The van der Waals surface area contributed by atoms with Crippen LogP contribution in [0.4, 0.5) is 15.8 Å². The third-order valence-electron chi connectivity index (χ3n) is 4.32. The molecule has 3 heteroatoms. The maximum atomic E-state index is 13.4. The molecule has 1 N–H and O–H groups in total. The predicted molar refractivity (Wildman–Crippen MR) is 79.9 cm³/mol. The number of fused-ring (bicyclic) bond motifs is 2. The van der Waals surface area contributed by atoms with Crippen molar-refractivity contribution in [2.45, 2.75) is 18.9 Å². The van der Waals surface area contributed by atoms with Crippen molar-refractivity contribution in [2.24, 2.45) is 0 Å². The lowest BCUT2D eigenvalue weighted by atomic mass is 10.1. The highest BCUT2D eigenvalue weighted by atomic mass is 19.1. The zero-order chi connectivity index (χ0) is 13.5. The van der Waals surface area contributed by atoms with Gasteiger partial charge < -0.3 is 10.2 Å². The second-order valence-electron chi connectivity index (χ2n) is 5.67. The fourth-order valence-electron chi connectivity index (χ4n) is 3.36. The van der Waals surface area contributed by atoms with Gasteiger partial charge in [0.25, 0.3) is 0 Å². The standard InChI is InChI=1S/C17H17FN2/c18-14-6-5-12-7-8-20(17(12)10-14)11-15-9-13-3-1-2-4-16(13)19-15/h1-6,10,15,19H,7-9,11H2. The summed E-state index contributed by atoms with van der Waals surface area (Å²) >= 11 is 0. The van der Waals surface area contributed by atoms with Crippen molar-refractivity contribution >= 4 is 11.4 Å². The van der Waals surface area contributed by atoms with Crippen LogP contribution in [0.3, 0.4) is 0 Å². The Morgan fingerprint density at radius 3 is 2.95 bits per heavy atom. The van der Waals surface area contributed by atoms with Crippen LogP contribution in [0.1, 0.15) is 11.1 Å². The highest BCUT2D eigenvalue weighted by molar-refractivity contribution is 5.60. The first-order valence-corrected chi connectivity index (χ1v) is 7.17. The van der Waals surface area contributed by atoms with Crippen molar-refractivity contribution in [3.8, 4) is 0 Å². The molecule has 1 unspecified atom stereocenters. The first-order valence-electron chi connectivity index (χ1n) is 7.17. The molecular formula is C17H17FN2. The molecule has 4 rings (SSSR count). The molecule has 1 atom stereocenters. The van der Waals surface area contributed by atoms with Crippen molar-refractivity contribution in [1.29, 1.82) is 0 Å². The van der Waals surface area contributed by atoms with Crippen LogP contribution in [-0.4, -0.2) is 19.1 Å². The lowest BCUT2D eigenvalue weighted by Gasteiger charge is -2.23. The van der Waals surface area contributed by atoms with Gasteiger partial charge in [-0.05, 0) is 42.2 Å². The molecule has 0 bridgehead atoms. The van der Waals surface area contributed by atoms with E-state index in [9.17, 15) is 4.39 Å². The van der Waals surface area contributed by atoms with Crippen molar-refractivity contribution in [3.05, 3.63) is 59.4 Å². The fourth-order valence-corrected chi connectivity index (χ4v) is 3.36. The molecule has 2 aliphatic heterocycles. The summed E-state index contributed by atoms with van der Waals surface area (Å²) in [5.74, 6) is -0.140. The summed E-state index contributed by atoms with van der Waals surface area (Å²) in [6.07, 6.45) is 2.08. The van der Waals surface area contributed by atoms with Crippen LogP contribution < -0.4 is 10.2 Å².